The van der Waals surface area contributed by atoms with Gasteiger partial charge in [-0.1, -0.05) is 12.1 Å². The highest BCUT2D eigenvalue weighted by Crippen LogP contribution is 1.98. The van der Waals surface area contributed by atoms with Crippen LogP contribution in [0, 0.1) is 15.7 Å². The lowest BCUT2D eigenvalue weighted by atomic mass is 10.4. The van der Waals surface area contributed by atoms with Crippen LogP contribution in [0.5, 0.6) is 0 Å². The molecule has 0 bridgehead atoms. The smallest absolute Gasteiger partial charge is 0.0215 e. The van der Waals surface area contributed by atoms with Crippen LogP contribution in [0.4, 0.5) is 0 Å². The van der Waals surface area contributed by atoms with Gasteiger partial charge in [0.15, 0.2) is 0 Å². The molecule has 1 aromatic carbocycles. The Bertz CT molecular complexity index is 134. The SMILES string of the molecule is Ic1[c]cc[c]c1. The van der Waals surface area contributed by atoms with E-state index in [0.29, 0.717) is 0 Å². The summed E-state index contributed by atoms with van der Waals surface area (Å²) in [6.45, 7) is 0. The van der Waals surface area contributed by atoms with Crippen molar-refractivity contribution in [3.8, 4) is 0 Å². The van der Waals surface area contributed by atoms with Crippen molar-refractivity contribution in [2.75, 3.05) is 0 Å². The van der Waals surface area contributed by atoms with E-state index in [0.717, 1.165) is 3.57 Å². The van der Waals surface area contributed by atoms with E-state index in [1.807, 2.05) is 18.2 Å². The summed E-state index contributed by atoms with van der Waals surface area (Å²) in [5, 5.41) is 0. The van der Waals surface area contributed by atoms with Crippen molar-refractivity contribution in [1.29, 1.82) is 0 Å². The fourth-order valence-electron chi connectivity index (χ4n) is 0.332. The number of halogens is 1. The average Bonchev–Trinajstić information content (AvgIpc) is 1.69. The molecule has 0 heterocycles. The molecular weight excluding hydrogens is 199 g/mol. The molecule has 2 radical (unpaired) electrons. The lowest BCUT2D eigenvalue weighted by Crippen LogP contribution is -1.63. The van der Waals surface area contributed by atoms with Crippen molar-refractivity contribution >= 4 is 22.6 Å². The van der Waals surface area contributed by atoms with Crippen LogP contribution in [0.2, 0.25) is 0 Å². The molecule has 0 fully saturated rings. The maximum absolute atomic E-state index is 2.99. The number of hydrogen-bond acceptors (Lipinski definition) is 0. The first-order valence-electron chi connectivity index (χ1n) is 1.93. The summed E-state index contributed by atoms with van der Waals surface area (Å²) in [7, 11) is 0. The standard InChI is InChI=1S/C6H3I/c7-6-4-2-1-3-5-6/h1-2,5H. The molecular formula is C6H3I. The predicted octanol–water partition coefficient (Wildman–Crippen LogP) is 1.89. The molecule has 7 heavy (non-hydrogen) atoms. The zero-order chi connectivity index (χ0) is 5.11. The third-order valence-electron chi connectivity index (χ3n) is 0.611. The van der Waals surface area contributed by atoms with Crippen LogP contribution in [-0.4, -0.2) is 0 Å². The summed E-state index contributed by atoms with van der Waals surface area (Å²) in [5.41, 5.74) is 0. The van der Waals surface area contributed by atoms with Crippen LogP contribution in [0.15, 0.2) is 18.2 Å². The highest BCUT2D eigenvalue weighted by molar-refractivity contribution is 14.1. The fourth-order valence-corrected chi connectivity index (χ4v) is 0.692. The monoisotopic (exact) mass is 202 g/mol. The van der Waals surface area contributed by atoms with E-state index >= 15 is 0 Å². The van der Waals surface area contributed by atoms with Gasteiger partial charge in [0.25, 0.3) is 0 Å². The van der Waals surface area contributed by atoms with Crippen molar-refractivity contribution in [2.45, 2.75) is 0 Å². The summed E-state index contributed by atoms with van der Waals surface area (Å²) in [6.07, 6.45) is 0. The van der Waals surface area contributed by atoms with Crippen molar-refractivity contribution in [1.82, 2.24) is 0 Å². The van der Waals surface area contributed by atoms with Crippen molar-refractivity contribution < 1.29 is 0 Å². The molecule has 0 nitrogen and oxygen atoms in total. The molecule has 0 atom stereocenters. The minimum absolute atomic E-state index is 1.11. The zero-order valence-electron chi connectivity index (χ0n) is 3.61. The van der Waals surface area contributed by atoms with E-state index in [4.69, 9.17) is 0 Å². The molecule has 0 saturated carbocycles. The fraction of sp³-hybridized carbons (Fsp3) is 0. The molecule has 0 N–H and O–H groups in total. The first-order valence-corrected chi connectivity index (χ1v) is 3.01. The normalized spacial score (nSPS) is 8.71. The van der Waals surface area contributed by atoms with Crippen LogP contribution in [0.1, 0.15) is 0 Å². The number of rotatable bonds is 0. The van der Waals surface area contributed by atoms with Gasteiger partial charge in [-0.05, 0) is 40.8 Å². The van der Waals surface area contributed by atoms with Crippen LogP contribution >= 0.6 is 22.6 Å². The summed E-state index contributed by atoms with van der Waals surface area (Å²) < 4.78 is 1.11. The summed E-state index contributed by atoms with van der Waals surface area (Å²) in [5.74, 6) is 0. The molecule has 1 aromatic rings. The van der Waals surface area contributed by atoms with Gasteiger partial charge >= 0.3 is 0 Å². The zero-order valence-corrected chi connectivity index (χ0v) is 5.77. The molecule has 0 saturated heterocycles. The van der Waals surface area contributed by atoms with Gasteiger partial charge < -0.3 is 0 Å². The summed E-state index contributed by atoms with van der Waals surface area (Å²) in [4.78, 5) is 0. The van der Waals surface area contributed by atoms with Crippen LogP contribution in [0.25, 0.3) is 0 Å². The van der Waals surface area contributed by atoms with E-state index in [1.165, 1.54) is 0 Å². The summed E-state index contributed by atoms with van der Waals surface area (Å²) in [6, 6.07) is 11.5. The molecule has 1 rings (SSSR count). The highest BCUT2D eigenvalue weighted by atomic mass is 127. The molecule has 0 aliphatic carbocycles. The highest BCUT2D eigenvalue weighted by Gasteiger charge is 1.75. The maximum Gasteiger partial charge on any atom is 0.0215 e. The Hall–Kier alpha value is -0.0500. The third kappa shape index (κ3) is 1.47. The second-order valence-corrected chi connectivity index (χ2v) is 2.30. The van der Waals surface area contributed by atoms with Crippen molar-refractivity contribution in [3.63, 3.8) is 0 Å². The Labute approximate surface area is 56.7 Å². The topological polar surface area (TPSA) is 0 Å². The van der Waals surface area contributed by atoms with E-state index in [-0.39, 0.29) is 0 Å². The molecule has 1 heteroatoms. The largest absolute Gasteiger partial charge is 0.0537 e. The van der Waals surface area contributed by atoms with Crippen molar-refractivity contribution in [2.24, 2.45) is 0 Å². The molecule has 0 unspecified atom stereocenters. The Morgan fingerprint density at radius 3 is 2.57 bits per heavy atom. The van der Waals surface area contributed by atoms with E-state index < -0.39 is 0 Å². The Morgan fingerprint density at radius 2 is 2.29 bits per heavy atom. The first kappa shape index (κ1) is 5.09. The van der Waals surface area contributed by atoms with Gasteiger partial charge in [0.1, 0.15) is 0 Å². The van der Waals surface area contributed by atoms with Gasteiger partial charge in [0, 0.05) is 3.57 Å². The summed E-state index contributed by atoms with van der Waals surface area (Å²) >= 11 is 2.19. The minimum Gasteiger partial charge on any atom is -0.0537 e. The maximum atomic E-state index is 2.99. The van der Waals surface area contributed by atoms with Gasteiger partial charge in [0.05, 0.1) is 0 Å². The van der Waals surface area contributed by atoms with Gasteiger partial charge in [-0.3, -0.25) is 0 Å². The third-order valence-corrected chi connectivity index (χ3v) is 1.23. The van der Waals surface area contributed by atoms with Gasteiger partial charge in [-0.25, -0.2) is 0 Å². The first-order chi connectivity index (χ1) is 3.39. The van der Waals surface area contributed by atoms with Crippen molar-refractivity contribution in [3.05, 3.63) is 33.9 Å². The van der Waals surface area contributed by atoms with Gasteiger partial charge in [0.2, 0.25) is 0 Å². The molecule has 0 amide bonds. The number of benzene rings is 1. The predicted molar refractivity (Wildman–Crippen MR) is 36.8 cm³/mol. The quantitative estimate of drug-likeness (QED) is 0.563. The molecule has 0 aliphatic heterocycles. The lowest BCUT2D eigenvalue weighted by Gasteiger charge is -1.78. The van der Waals surface area contributed by atoms with Crippen LogP contribution < -0.4 is 0 Å². The van der Waals surface area contributed by atoms with Gasteiger partial charge in [-0.15, -0.1) is 0 Å². The lowest BCUT2D eigenvalue weighted by molar-refractivity contribution is 1.62. The molecule has 0 aliphatic rings. The van der Waals surface area contributed by atoms with Crippen LogP contribution in [-0.2, 0) is 0 Å². The Morgan fingerprint density at radius 1 is 1.43 bits per heavy atom. The number of hydrogen-bond donors (Lipinski definition) is 0. The minimum atomic E-state index is 1.11. The van der Waals surface area contributed by atoms with E-state index in [9.17, 15) is 0 Å². The second kappa shape index (κ2) is 2.31. The van der Waals surface area contributed by atoms with E-state index in [1.54, 1.807) is 0 Å². The molecule has 34 valence electrons. The average molecular weight is 202 g/mol. The van der Waals surface area contributed by atoms with Gasteiger partial charge in [-0.2, -0.15) is 0 Å². The Balaban J connectivity index is 3.02. The molecule has 0 spiro atoms. The Kier molecular flexibility index (Phi) is 1.68. The van der Waals surface area contributed by atoms with E-state index in [2.05, 4.69) is 34.7 Å². The molecule has 0 aromatic heterocycles. The second-order valence-electron chi connectivity index (χ2n) is 1.14. The van der Waals surface area contributed by atoms with Crippen LogP contribution in [0.3, 0.4) is 0 Å².